The molecule has 0 spiro atoms. The molecule has 3 fully saturated rings. The number of carbonyl (C=O) groups is 3. The molecule has 2 unspecified atom stereocenters. The first kappa shape index (κ1) is 19.7. The van der Waals surface area contributed by atoms with E-state index in [0.29, 0.717) is 13.0 Å². The highest BCUT2D eigenvalue weighted by Crippen LogP contribution is 2.35. The van der Waals surface area contributed by atoms with Gasteiger partial charge in [0.1, 0.15) is 11.8 Å². The predicted octanol–water partition coefficient (Wildman–Crippen LogP) is 1.85. The first-order valence-corrected chi connectivity index (χ1v) is 10.5. The number of piperazine rings is 1. The number of ether oxygens (including phenoxy) is 1. The normalized spacial score (nSPS) is 27.3. The second-order valence-electron chi connectivity index (χ2n) is 8.46. The number of rotatable bonds is 5. The number of methoxy groups -OCH3 is 1. The quantitative estimate of drug-likeness (QED) is 0.767. The van der Waals surface area contributed by atoms with Crippen LogP contribution in [0.4, 0.5) is 0 Å². The summed E-state index contributed by atoms with van der Waals surface area (Å²) in [6, 6.07) is 7.02. The van der Waals surface area contributed by atoms with Crippen molar-refractivity contribution in [2.45, 2.75) is 69.6 Å². The number of hydrogen-bond acceptors (Lipinski definition) is 4. The van der Waals surface area contributed by atoms with Crippen LogP contribution in [0.25, 0.3) is 0 Å². The van der Waals surface area contributed by atoms with E-state index in [1.165, 1.54) is 4.90 Å². The van der Waals surface area contributed by atoms with Gasteiger partial charge >= 0.3 is 0 Å². The van der Waals surface area contributed by atoms with E-state index >= 15 is 0 Å². The summed E-state index contributed by atoms with van der Waals surface area (Å²) in [6.07, 6.45) is 5.46. The van der Waals surface area contributed by atoms with Crippen molar-refractivity contribution < 1.29 is 19.1 Å². The summed E-state index contributed by atoms with van der Waals surface area (Å²) in [5.74, 6) is -0.0364. The van der Waals surface area contributed by atoms with Crippen LogP contribution in [0.2, 0.25) is 0 Å². The largest absolute Gasteiger partial charge is 0.497 e. The second-order valence-corrected chi connectivity index (χ2v) is 8.46. The molecule has 2 saturated heterocycles. The number of nitrogens with zero attached hydrogens (tertiary/aromatic N) is 2. The molecule has 0 bridgehead atoms. The van der Waals surface area contributed by atoms with Gasteiger partial charge in [0.15, 0.2) is 5.54 Å². The van der Waals surface area contributed by atoms with Crippen molar-refractivity contribution in [1.82, 2.24) is 15.1 Å². The zero-order chi connectivity index (χ0) is 20.6. The zero-order valence-electron chi connectivity index (χ0n) is 17.1. The average Bonchev–Trinajstić information content (AvgIpc) is 3.42. The maximum atomic E-state index is 13.4. The van der Waals surface area contributed by atoms with Gasteiger partial charge in [0.05, 0.1) is 7.11 Å². The Morgan fingerprint density at radius 2 is 1.83 bits per heavy atom. The van der Waals surface area contributed by atoms with E-state index in [2.05, 4.69) is 5.32 Å². The number of hydrogen-bond donors (Lipinski definition) is 1. The van der Waals surface area contributed by atoms with Crippen LogP contribution in [-0.4, -0.2) is 58.8 Å². The summed E-state index contributed by atoms with van der Waals surface area (Å²) in [6.45, 7) is 2.36. The third-order valence-electron chi connectivity index (χ3n) is 6.65. The lowest BCUT2D eigenvalue weighted by Crippen LogP contribution is -2.73. The highest BCUT2D eigenvalue weighted by Gasteiger charge is 2.58. The Morgan fingerprint density at radius 1 is 1.14 bits per heavy atom. The molecule has 2 atom stereocenters. The molecule has 1 aromatic rings. The lowest BCUT2D eigenvalue weighted by atomic mass is 9.90. The van der Waals surface area contributed by atoms with E-state index in [4.69, 9.17) is 4.74 Å². The van der Waals surface area contributed by atoms with Gasteiger partial charge < -0.3 is 19.9 Å². The van der Waals surface area contributed by atoms with Gasteiger partial charge in [-0.3, -0.25) is 14.4 Å². The molecule has 7 heteroatoms. The molecular weight excluding hydrogens is 370 g/mol. The molecule has 3 amide bonds. The molecule has 2 aliphatic heterocycles. The molecule has 29 heavy (non-hydrogen) atoms. The van der Waals surface area contributed by atoms with Crippen molar-refractivity contribution >= 4 is 17.7 Å². The van der Waals surface area contributed by atoms with E-state index in [-0.39, 0.29) is 30.3 Å². The Morgan fingerprint density at radius 3 is 2.48 bits per heavy atom. The summed E-state index contributed by atoms with van der Waals surface area (Å²) >= 11 is 0. The molecule has 3 aliphatic rings. The maximum Gasteiger partial charge on any atom is 0.258 e. The summed E-state index contributed by atoms with van der Waals surface area (Å²) < 4.78 is 5.20. The number of nitrogens with one attached hydrogen (secondary N) is 1. The Bertz CT molecular complexity index is 803. The van der Waals surface area contributed by atoms with Crippen LogP contribution in [0.1, 0.15) is 51.0 Å². The topological polar surface area (TPSA) is 79.0 Å². The predicted molar refractivity (Wildman–Crippen MR) is 107 cm³/mol. The van der Waals surface area contributed by atoms with Gasteiger partial charge in [-0.2, -0.15) is 0 Å². The van der Waals surface area contributed by atoms with Gasteiger partial charge in [-0.15, -0.1) is 0 Å². The molecule has 1 saturated carbocycles. The average molecular weight is 399 g/mol. The fourth-order valence-corrected chi connectivity index (χ4v) is 4.83. The van der Waals surface area contributed by atoms with Crippen molar-refractivity contribution in [3.8, 4) is 5.75 Å². The fourth-order valence-electron chi connectivity index (χ4n) is 4.83. The van der Waals surface area contributed by atoms with Crippen LogP contribution in [0.15, 0.2) is 24.3 Å². The van der Waals surface area contributed by atoms with Crippen molar-refractivity contribution in [3.05, 3.63) is 29.8 Å². The summed E-state index contributed by atoms with van der Waals surface area (Å²) in [5.41, 5.74) is -0.668. The zero-order valence-corrected chi connectivity index (χ0v) is 17.1. The Balaban J connectivity index is 1.65. The van der Waals surface area contributed by atoms with E-state index in [9.17, 15) is 14.4 Å². The Labute approximate surface area is 171 Å². The first-order valence-electron chi connectivity index (χ1n) is 10.5. The standard InChI is InChI=1S/C22H29N3O4/c1-22(20(27)23-16-6-3-4-7-16)21(28)24-13-5-8-18(24)19(26)25(22)14-15-9-11-17(29-2)12-10-15/h9-12,16,18H,3-8,13-14H2,1-2H3,(H,23,27). The molecule has 1 N–H and O–H groups in total. The summed E-state index contributed by atoms with van der Waals surface area (Å²) in [4.78, 5) is 43.3. The van der Waals surface area contributed by atoms with Crippen molar-refractivity contribution in [2.75, 3.05) is 13.7 Å². The molecular formula is C22H29N3O4. The highest BCUT2D eigenvalue weighted by molar-refractivity contribution is 6.15. The van der Waals surface area contributed by atoms with E-state index in [1.54, 1.807) is 18.9 Å². The van der Waals surface area contributed by atoms with Gasteiger partial charge in [-0.05, 0) is 50.3 Å². The van der Waals surface area contributed by atoms with Crippen molar-refractivity contribution in [1.29, 1.82) is 0 Å². The number of benzene rings is 1. The minimum absolute atomic E-state index is 0.0846. The molecule has 2 heterocycles. The van der Waals surface area contributed by atoms with Crippen LogP contribution in [-0.2, 0) is 20.9 Å². The van der Waals surface area contributed by atoms with Gasteiger partial charge in [0.2, 0.25) is 5.91 Å². The fraction of sp³-hybridized carbons (Fsp3) is 0.591. The number of fused-ring (bicyclic) bond motifs is 1. The molecule has 4 rings (SSSR count). The van der Waals surface area contributed by atoms with Crippen LogP contribution < -0.4 is 10.1 Å². The molecule has 7 nitrogen and oxygen atoms in total. The third-order valence-corrected chi connectivity index (χ3v) is 6.65. The van der Waals surface area contributed by atoms with Gasteiger partial charge in [0.25, 0.3) is 11.8 Å². The number of carbonyl (C=O) groups excluding carboxylic acids is 3. The minimum Gasteiger partial charge on any atom is -0.497 e. The maximum absolute atomic E-state index is 13.4. The Kier molecular flexibility index (Phi) is 5.23. The SMILES string of the molecule is COc1ccc(CN2C(=O)C3CCCN3C(=O)C2(C)C(=O)NC2CCCC2)cc1. The summed E-state index contributed by atoms with van der Waals surface area (Å²) in [5, 5.41) is 3.05. The minimum atomic E-state index is -1.53. The van der Waals surface area contributed by atoms with Gasteiger partial charge in [-0.1, -0.05) is 25.0 Å². The van der Waals surface area contributed by atoms with E-state index in [0.717, 1.165) is 43.4 Å². The van der Waals surface area contributed by atoms with E-state index < -0.39 is 11.6 Å². The lowest BCUT2D eigenvalue weighted by molar-refractivity contribution is -0.173. The van der Waals surface area contributed by atoms with Crippen LogP contribution in [0, 0.1) is 0 Å². The number of amides is 3. The lowest BCUT2D eigenvalue weighted by Gasteiger charge is -2.48. The summed E-state index contributed by atoms with van der Waals surface area (Å²) in [7, 11) is 1.60. The Hall–Kier alpha value is -2.57. The monoisotopic (exact) mass is 399 g/mol. The molecule has 0 radical (unpaired) electrons. The van der Waals surface area contributed by atoms with Crippen molar-refractivity contribution in [3.63, 3.8) is 0 Å². The van der Waals surface area contributed by atoms with Gasteiger partial charge in [-0.25, -0.2) is 0 Å². The second kappa shape index (κ2) is 7.69. The van der Waals surface area contributed by atoms with Crippen LogP contribution in [0.3, 0.4) is 0 Å². The third kappa shape index (κ3) is 3.36. The van der Waals surface area contributed by atoms with Crippen LogP contribution >= 0.6 is 0 Å². The molecule has 1 aromatic carbocycles. The molecule has 0 aromatic heterocycles. The molecule has 1 aliphatic carbocycles. The smallest absolute Gasteiger partial charge is 0.258 e. The van der Waals surface area contributed by atoms with Gasteiger partial charge in [0, 0.05) is 19.1 Å². The molecule has 156 valence electrons. The van der Waals surface area contributed by atoms with Crippen molar-refractivity contribution in [2.24, 2.45) is 0 Å². The highest BCUT2D eigenvalue weighted by atomic mass is 16.5. The van der Waals surface area contributed by atoms with E-state index in [1.807, 2.05) is 24.3 Å². The first-order chi connectivity index (χ1) is 13.9. The van der Waals surface area contributed by atoms with Crippen LogP contribution in [0.5, 0.6) is 5.75 Å².